The molecule has 16 heavy (non-hydrogen) atoms. The molecule has 1 aromatic heterocycles. The zero-order chi connectivity index (χ0) is 12.1. The Labute approximate surface area is 95.4 Å². The van der Waals surface area contributed by atoms with Crippen LogP contribution in [0.3, 0.4) is 0 Å². The maximum atomic E-state index is 10.8. The van der Waals surface area contributed by atoms with Crippen LogP contribution in [-0.4, -0.2) is 37.5 Å². The first-order valence-electron chi connectivity index (χ1n) is 4.72. The van der Waals surface area contributed by atoms with Gasteiger partial charge in [-0.25, -0.2) is 0 Å². The van der Waals surface area contributed by atoms with E-state index in [0.717, 1.165) is 0 Å². The molecule has 90 valence electrons. The second-order valence-corrected chi connectivity index (χ2v) is 4.91. The van der Waals surface area contributed by atoms with Crippen molar-refractivity contribution < 1.29 is 9.13 Å². The van der Waals surface area contributed by atoms with Gasteiger partial charge in [-0.2, -0.15) is 0 Å². The van der Waals surface area contributed by atoms with E-state index in [-0.39, 0.29) is 11.5 Å². The van der Waals surface area contributed by atoms with E-state index in [1.165, 1.54) is 10.9 Å². The van der Waals surface area contributed by atoms with E-state index in [1.807, 2.05) is 0 Å². The average molecular weight is 246 g/mol. The quantitative estimate of drug-likeness (QED) is 0.448. The van der Waals surface area contributed by atoms with Gasteiger partial charge in [-0.3, -0.25) is 19.0 Å². The molecule has 0 aliphatic rings. The molecule has 8 heteroatoms. The minimum Gasteiger partial charge on any atom is -0.363 e. The standard InChI is InChI=1S/C8H14N4O3S/c1-11-6-7(12(13)14)8(10-11)9-4-3-5-16(2)15/h6H,3-5H2,1-2H3,(H,9,10). The predicted molar refractivity (Wildman–Crippen MR) is 61.9 cm³/mol. The number of nitrogens with one attached hydrogen (secondary N) is 1. The van der Waals surface area contributed by atoms with Gasteiger partial charge in [0.2, 0.25) is 5.82 Å². The van der Waals surface area contributed by atoms with E-state index in [9.17, 15) is 14.3 Å². The molecule has 1 aromatic rings. The Bertz CT molecular complexity index is 404. The summed E-state index contributed by atoms with van der Waals surface area (Å²) in [7, 11) is 0.792. The Balaban J connectivity index is 2.53. The zero-order valence-electron chi connectivity index (χ0n) is 9.17. The Morgan fingerprint density at radius 3 is 2.94 bits per heavy atom. The smallest absolute Gasteiger partial charge is 0.330 e. The third kappa shape index (κ3) is 3.61. The van der Waals surface area contributed by atoms with Crippen LogP contribution in [-0.2, 0) is 17.8 Å². The average Bonchev–Trinajstić information content (AvgIpc) is 2.54. The van der Waals surface area contributed by atoms with E-state index in [4.69, 9.17) is 0 Å². The number of rotatable bonds is 6. The first-order valence-corrected chi connectivity index (χ1v) is 6.45. The monoisotopic (exact) mass is 246 g/mol. The Kier molecular flexibility index (Phi) is 4.41. The minimum atomic E-state index is -0.832. The van der Waals surface area contributed by atoms with Gasteiger partial charge >= 0.3 is 5.69 Å². The van der Waals surface area contributed by atoms with Gasteiger partial charge in [0.05, 0.1) is 4.92 Å². The summed E-state index contributed by atoms with van der Waals surface area (Å²) in [5, 5.41) is 17.4. The Morgan fingerprint density at radius 1 is 1.69 bits per heavy atom. The van der Waals surface area contributed by atoms with Crippen LogP contribution in [0, 0.1) is 10.1 Å². The van der Waals surface area contributed by atoms with Crippen molar-refractivity contribution in [2.75, 3.05) is 23.9 Å². The van der Waals surface area contributed by atoms with Gasteiger partial charge in [-0.15, -0.1) is 5.10 Å². The fourth-order valence-electron chi connectivity index (χ4n) is 1.22. The Morgan fingerprint density at radius 2 is 2.38 bits per heavy atom. The van der Waals surface area contributed by atoms with Crippen LogP contribution in [0.5, 0.6) is 0 Å². The van der Waals surface area contributed by atoms with Crippen LogP contribution in [0.4, 0.5) is 11.5 Å². The molecule has 1 unspecified atom stereocenters. The molecule has 0 aliphatic heterocycles. The number of nitro groups is 1. The molecule has 0 bridgehead atoms. The van der Waals surface area contributed by atoms with Crippen molar-refractivity contribution in [3.8, 4) is 0 Å². The summed E-state index contributed by atoms with van der Waals surface area (Å²) in [6.45, 7) is 0.525. The fraction of sp³-hybridized carbons (Fsp3) is 0.625. The van der Waals surface area contributed by atoms with Crippen molar-refractivity contribution in [3.63, 3.8) is 0 Å². The summed E-state index contributed by atoms with van der Waals surface area (Å²) in [4.78, 5) is 10.2. The molecule has 1 rings (SSSR count). The second-order valence-electron chi connectivity index (χ2n) is 3.35. The number of hydrogen-bond donors (Lipinski definition) is 1. The lowest BCUT2D eigenvalue weighted by molar-refractivity contribution is -0.384. The van der Waals surface area contributed by atoms with Gasteiger partial charge in [0, 0.05) is 36.4 Å². The maximum Gasteiger partial charge on any atom is 0.330 e. The van der Waals surface area contributed by atoms with Crippen molar-refractivity contribution in [2.24, 2.45) is 7.05 Å². The summed E-state index contributed by atoms with van der Waals surface area (Å²) in [6, 6.07) is 0. The third-order valence-electron chi connectivity index (χ3n) is 1.91. The van der Waals surface area contributed by atoms with Gasteiger partial charge < -0.3 is 5.32 Å². The van der Waals surface area contributed by atoms with Crippen LogP contribution < -0.4 is 5.32 Å². The zero-order valence-corrected chi connectivity index (χ0v) is 9.99. The van der Waals surface area contributed by atoms with Gasteiger partial charge in [-0.1, -0.05) is 0 Å². The number of aromatic nitrogens is 2. The Hall–Kier alpha value is -1.44. The number of aryl methyl sites for hydroxylation is 1. The van der Waals surface area contributed by atoms with Crippen molar-refractivity contribution in [2.45, 2.75) is 6.42 Å². The van der Waals surface area contributed by atoms with E-state index in [1.54, 1.807) is 13.3 Å². The molecule has 0 aromatic carbocycles. The minimum absolute atomic E-state index is 0.0416. The summed E-state index contributed by atoms with van der Waals surface area (Å²) in [6.07, 6.45) is 3.67. The van der Waals surface area contributed by atoms with E-state index < -0.39 is 15.7 Å². The molecule has 0 aliphatic carbocycles. The number of hydrogen-bond acceptors (Lipinski definition) is 5. The van der Waals surface area contributed by atoms with E-state index in [2.05, 4.69) is 10.4 Å². The summed E-state index contributed by atoms with van der Waals surface area (Å²) < 4.78 is 12.2. The maximum absolute atomic E-state index is 10.8. The first kappa shape index (κ1) is 12.6. The molecule has 0 fully saturated rings. The van der Waals surface area contributed by atoms with Crippen molar-refractivity contribution in [1.82, 2.24) is 9.78 Å². The molecule has 1 N–H and O–H groups in total. The van der Waals surface area contributed by atoms with Crippen LogP contribution in [0.2, 0.25) is 0 Å². The number of anilines is 1. The highest BCUT2D eigenvalue weighted by Gasteiger charge is 2.17. The summed E-state index contributed by atoms with van der Waals surface area (Å²) in [5.74, 6) is 0.836. The largest absolute Gasteiger partial charge is 0.363 e. The van der Waals surface area contributed by atoms with Crippen LogP contribution in [0.15, 0.2) is 6.20 Å². The van der Waals surface area contributed by atoms with Crippen LogP contribution in [0.25, 0.3) is 0 Å². The number of nitrogens with zero attached hydrogens (tertiary/aromatic N) is 3. The van der Waals surface area contributed by atoms with Gasteiger partial charge in [0.25, 0.3) is 0 Å². The third-order valence-corrected chi connectivity index (χ3v) is 2.77. The molecule has 1 atom stereocenters. The second kappa shape index (κ2) is 5.59. The van der Waals surface area contributed by atoms with Gasteiger partial charge in [0.1, 0.15) is 6.20 Å². The molecule has 1 heterocycles. The molecule has 7 nitrogen and oxygen atoms in total. The van der Waals surface area contributed by atoms with E-state index >= 15 is 0 Å². The van der Waals surface area contributed by atoms with Crippen molar-refractivity contribution in [1.29, 1.82) is 0 Å². The molecule has 0 saturated carbocycles. The van der Waals surface area contributed by atoms with E-state index in [0.29, 0.717) is 18.7 Å². The molecule has 0 amide bonds. The topological polar surface area (TPSA) is 90.1 Å². The first-order chi connectivity index (χ1) is 7.50. The summed E-state index contributed by atoms with van der Waals surface area (Å²) in [5.41, 5.74) is -0.0416. The molecule has 0 saturated heterocycles. The lowest BCUT2D eigenvalue weighted by Crippen LogP contribution is -2.07. The fourth-order valence-corrected chi connectivity index (χ4v) is 1.77. The molecular weight excluding hydrogens is 232 g/mol. The SMILES string of the molecule is Cn1cc([N+](=O)[O-])c(NCCCS(C)=O)n1. The van der Waals surface area contributed by atoms with Crippen LogP contribution >= 0.6 is 0 Å². The summed E-state index contributed by atoms with van der Waals surface area (Å²) >= 11 is 0. The van der Waals surface area contributed by atoms with Crippen molar-refractivity contribution in [3.05, 3.63) is 16.3 Å². The molecular formula is C8H14N4O3S. The predicted octanol–water partition coefficient (Wildman–Crippen LogP) is 0.509. The van der Waals surface area contributed by atoms with Crippen LogP contribution in [0.1, 0.15) is 6.42 Å². The highest BCUT2D eigenvalue weighted by atomic mass is 32.2. The highest BCUT2D eigenvalue weighted by Crippen LogP contribution is 2.20. The lowest BCUT2D eigenvalue weighted by Gasteiger charge is -2.00. The van der Waals surface area contributed by atoms with Gasteiger partial charge in [0.15, 0.2) is 0 Å². The highest BCUT2D eigenvalue weighted by molar-refractivity contribution is 7.84. The van der Waals surface area contributed by atoms with Gasteiger partial charge in [-0.05, 0) is 6.42 Å². The molecule has 0 spiro atoms. The lowest BCUT2D eigenvalue weighted by atomic mass is 10.4. The normalized spacial score (nSPS) is 12.4. The van der Waals surface area contributed by atoms with Crippen molar-refractivity contribution >= 4 is 22.3 Å². The molecule has 0 radical (unpaired) electrons.